The molecule has 196 valence electrons. The number of nitrogens with one attached hydrogen (secondary N) is 1. The number of fused-ring (bicyclic) bond motifs is 1. The van der Waals surface area contributed by atoms with Crippen molar-refractivity contribution < 1.29 is 22.7 Å². The lowest BCUT2D eigenvalue weighted by atomic mass is 9.86. The maximum absolute atomic E-state index is 13.8. The lowest BCUT2D eigenvalue weighted by Gasteiger charge is -2.36. The van der Waals surface area contributed by atoms with Gasteiger partial charge in [0.15, 0.2) is 6.10 Å². The van der Waals surface area contributed by atoms with Gasteiger partial charge in [0.25, 0.3) is 15.9 Å². The van der Waals surface area contributed by atoms with Gasteiger partial charge in [-0.3, -0.25) is 9.10 Å². The topological polar surface area (TPSA) is 84.9 Å². The van der Waals surface area contributed by atoms with Crippen molar-refractivity contribution in [3.05, 3.63) is 48.0 Å². The van der Waals surface area contributed by atoms with Crippen molar-refractivity contribution in [3.63, 3.8) is 0 Å². The van der Waals surface area contributed by atoms with E-state index < -0.39 is 16.1 Å². The van der Waals surface area contributed by atoms with E-state index in [0.29, 0.717) is 29.0 Å². The quantitative estimate of drug-likeness (QED) is 0.495. The van der Waals surface area contributed by atoms with Crippen LogP contribution in [-0.4, -0.2) is 51.6 Å². The standard InChI is InChI=1S/C27H36N2O5S2/c1-27(2,3)19-9-14-24-23(17-19)29(36(31,32)22-12-10-20(33-4)11-13-22)18-25(34-24)26(30)28-15-16-35-21-7-5-6-8-21/h9-14,17,21,25H,5-8,15-16,18H2,1-4H3,(H,28,30)/t25-/m0/s1. The summed E-state index contributed by atoms with van der Waals surface area (Å²) in [7, 11) is -2.42. The first-order valence-corrected chi connectivity index (χ1v) is 15.0. The minimum Gasteiger partial charge on any atom is -0.497 e. The molecule has 2 aromatic rings. The van der Waals surface area contributed by atoms with E-state index in [9.17, 15) is 13.2 Å². The highest BCUT2D eigenvalue weighted by Crippen LogP contribution is 2.40. The highest BCUT2D eigenvalue weighted by molar-refractivity contribution is 7.99. The third-order valence-corrected chi connectivity index (χ3v) is 9.87. The van der Waals surface area contributed by atoms with Gasteiger partial charge in [-0.1, -0.05) is 39.7 Å². The van der Waals surface area contributed by atoms with Crippen LogP contribution in [0, 0.1) is 0 Å². The van der Waals surface area contributed by atoms with Gasteiger partial charge in [0.2, 0.25) is 0 Å². The van der Waals surface area contributed by atoms with Crippen molar-refractivity contribution in [3.8, 4) is 11.5 Å². The molecule has 0 unspecified atom stereocenters. The average molecular weight is 533 g/mol. The van der Waals surface area contributed by atoms with Gasteiger partial charge < -0.3 is 14.8 Å². The zero-order valence-corrected chi connectivity index (χ0v) is 23.1. The molecule has 1 fully saturated rings. The van der Waals surface area contributed by atoms with E-state index in [1.807, 2.05) is 23.9 Å². The van der Waals surface area contributed by atoms with E-state index in [-0.39, 0.29) is 22.8 Å². The first-order valence-electron chi connectivity index (χ1n) is 12.5. The summed E-state index contributed by atoms with van der Waals surface area (Å²) in [6.07, 6.45) is 4.12. The molecule has 1 saturated carbocycles. The number of carbonyl (C=O) groups is 1. The van der Waals surface area contributed by atoms with Crippen molar-refractivity contribution in [2.45, 2.75) is 68.1 Å². The number of hydrogen-bond donors (Lipinski definition) is 1. The van der Waals surface area contributed by atoms with E-state index in [2.05, 4.69) is 26.1 Å². The Hall–Kier alpha value is -2.39. The molecule has 0 saturated heterocycles. The first-order chi connectivity index (χ1) is 17.1. The van der Waals surface area contributed by atoms with Gasteiger partial charge in [0, 0.05) is 17.5 Å². The molecule has 4 rings (SSSR count). The molecule has 0 aromatic heterocycles. The molecule has 1 amide bonds. The maximum atomic E-state index is 13.8. The van der Waals surface area contributed by atoms with E-state index >= 15 is 0 Å². The van der Waals surface area contributed by atoms with Crippen molar-refractivity contribution in [1.82, 2.24) is 5.32 Å². The predicted molar refractivity (Wildman–Crippen MR) is 145 cm³/mol. The molecule has 7 nitrogen and oxygen atoms in total. The Morgan fingerprint density at radius 3 is 2.47 bits per heavy atom. The SMILES string of the molecule is COc1ccc(S(=O)(=O)N2C[C@@H](C(=O)NCCSC3CCCC3)Oc3ccc(C(C)(C)C)cc32)cc1. The number of carbonyl (C=O) groups excluding carboxylic acids is 1. The fourth-order valence-corrected chi connectivity index (χ4v) is 7.21. The van der Waals surface area contributed by atoms with Crippen LogP contribution < -0.4 is 19.1 Å². The van der Waals surface area contributed by atoms with Gasteiger partial charge in [0.1, 0.15) is 11.5 Å². The summed E-state index contributed by atoms with van der Waals surface area (Å²) in [5.41, 5.74) is 1.24. The Bertz CT molecular complexity index is 1170. The molecule has 2 aliphatic rings. The van der Waals surface area contributed by atoms with Crippen molar-refractivity contribution in [1.29, 1.82) is 0 Å². The fourth-order valence-electron chi connectivity index (χ4n) is 4.53. The Morgan fingerprint density at radius 2 is 1.83 bits per heavy atom. The number of benzene rings is 2. The van der Waals surface area contributed by atoms with E-state index in [0.717, 1.165) is 11.3 Å². The number of hydrogen-bond acceptors (Lipinski definition) is 6. The van der Waals surface area contributed by atoms with Crippen molar-refractivity contribution in [2.75, 3.05) is 30.3 Å². The van der Waals surface area contributed by atoms with Crippen LogP contribution in [0.3, 0.4) is 0 Å². The molecule has 0 bridgehead atoms. The highest BCUT2D eigenvalue weighted by Gasteiger charge is 2.38. The molecule has 1 heterocycles. The van der Waals surface area contributed by atoms with Crippen LogP contribution in [0.5, 0.6) is 11.5 Å². The van der Waals surface area contributed by atoms with Gasteiger partial charge in [-0.2, -0.15) is 11.8 Å². The van der Waals surface area contributed by atoms with Gasteiger partial charge in [-0.15, -0.1) is 0 Å². The zero-order chi connectivity index (χ0) is 25.9. The number of thioether (sulfide) groups is 1. The number of sulfonamides is 1. The number of anilines is 1. The molecule has 1 aliphatic carbocycles. The van der Waals surface area contributed by atoms with Crippen LogP contribution in [-0.2, 0) is 20.2 Å². The van der Waals surface area contributed by atoms with E-state index in [1.54, 1.807) is 18.2 Å². The summed E-state index contributed by atoms with van der Waals surface area (Å²) >= 11 is 1.90. The molecular formula is C27H36N2O5S2. The second-order valence-corrected chi connectivity index (χ2v) is 13.6. The van der Waals surface area contributed by atoms with E-state index in [4.69, 9.17) is 9.47 Å². The molecule has 2 aromatic carbocycles. The normalized spacial score (nSPS) is 18.4. The molecule has 1 N–H and O–H groups in total. The van der Waals surface area contributed by atoms with Gasteiger partial charge in [-0.25, -0.2) is 8.42 Å². The van der Waals surface area contributed by atoms with Crippen LogP contribution >= 0.6 is 11.8 Å². The third-order valence-electron chi connectivity index (χ3n) is 6.69. The summed E-state index contributed by atoms with van der Waals surface area (Å²) in [6.45, 7) is 6.64. The summed E-state index contributed by atoms with van der Waals surface area (Å²) in [5, 5.41) is 3.63. The Balaban J connectivity index is 1.57. The molecular weight excluding hydrogens is 496 g/mol. The van der Waals surface area contributed by atoms with Gasteiger partial charge in [-0.05, 0) is 60.2 Å². The monoisotopic (exact) mass is 532 g/mol. The van der Waals surface area contributed by atoms with Crippen LogP contribution in [0.4, 0.5) is 5.69 Å². The third kappa shape index (κ3) is 5.94. The molecule has 1 aliphatic heterocycles. The number of ether oxygens (including phenoxy) is 2. The molecule has 0 radical (unpaired) electrons. The molecule has 0 spiro atoms. The molecule has 36 heavy (non-hydrogen) atoms. The fraction of sp³-hybridized carbons (Fsp3) is 0.519. The van der Waals surface area contributed by atoms with Crippen molar-refractivity contribution >= 4 is 33.4 Å². The summed E-state index contributed by atoms with van der Waals surface area (Å²) in [6, 6.07) is 11.8. The number of nitrogens with zero attached hydrogens (tertiary/aromatic N) is 1. The van der Waals surface area contributed by atoms with Crippen LogP contribution in [0.2, 0.25) is 0 Å². The first kappa shape index (κ1) is 26.7. The van der Waals surface area contributed by atoms with Crippen LogP contribution in [0.1, 0.15) is 52.0 Å². The summed E-state index contributed by atoms with van der Waals surface area (Å²) in [4.78, 5) is 13.2. The average Bonchev–Trinajstić information content (AvgIpc) is 3.38. The maximum Gasteiger partial charge on any atom is 0.264 e. The number of amides is 1. The number of methoxy groups -OCH3 is 1. The van der Waals surface area contributed by atoms with Crippen molar-refractivity contribution in [2.24, 2.45) is 0 Å². The van der Waals surface area contributed by atoms with Gasteiger partial charge in [0.05, 0.1) is 24.2 Å². The Labute approximate surface area is 219 Å². The summed E-state index contributed by atoms with van der Waals surface area (Å²) in [5.74, 6) is 1.48. The second-order valence-electron chi connectivity index (χ2n) is 10.3. The minimum absolute atomic E-state index is 0.101. The van der Waals surface area contributed by atoms with Gasteiger partial charge >= 0.3 is 0 Å². The second kappa shape index (κ2) is 10.9. The Morgan fingerprint density at radius 1 is 1.14 bits per heavy atom. The van der Waals surface area contributed by atoms with Crippen LogP contribution in [0.15, 0.2) is 47.4 Å². The minimum atomic E-state index is -3.95. The lowest BCUT2D eigenvalue weighted by Crippen LogP contribution is -2.51. The van der Waals surface area contributed by atoms with E-state index in [1.165, 1.54) is 49.2 Å². The largest absolute Gasteiger partial charge is 0.497 e. The number of rotatable bonds is 8. The van der Waals surface area contributed by atoms with Crippen LogP contribution in [0.25, 0.3) is 0 Å². The highest BCUT2D eigenvalue weighted by atomic mass is 32.2. The summed E-state index contributed by atoms with van der Waals surface area (Å²) < 4.78 is 40.1. The smallest absolute Gasteiger partial charge is 0.264 e. The molecule has 1 atom stereocenters. The zero-order valence-electron chi connectivity index (χ0n) is 21.5. The lowest BCUT2D eigenvalue weighted by molar-refractivity contribution is -0.127. The molecule has 9 heteroatoms. The Kier molecular flexibility index (Phi) is 8.09. The predicted octanol–water partition coefficient (Wildman–Crippen LogP) is 4.74.